The summed E-state index contributed by atoms with van der Waals surface area (Å²) in [6.45, 7) is 0.835. The molecule has 0 heterocycles. The van der Waals surface area contributed by atoms with E-state index in [9.17, 15) is 17.6 Å². The zero-order valence-electron chi connectivity index (χ0n) is 7.27. The SMILES string of the molecule is CC(NCCOCC(F)F)C(F)F. The summed E-state index contributed by atoms with van der Waals surface area (Å²) in [6, 6.07) is -0.935. The smallest absolute Gasteiger partial charge is 0.261 e. The van der Waals surface area contributed by atoms with E-state index in [0.29, 0.717) is 0 Å². The molecule has 1 atom stereocenters. The third-order valence-electron chi connectivity index (χ3n) is 1.33. The van der Waals surface area contributed by atoms with Gasteiger partial charge in [0.25, 0.3) is 12.9 Å². The van der Waals surface area contributed by atoms with Crippen LogP contribution >= 0.6 is 0 Å². The lowest BCUT2D eigenvalue weighted by atomic mass is 10.3. The maximum absolute atomic E-state index is 11.8. The summed E-state index contributed by atoms with van der Waals surface area (Å²) in [5, 5.41) is 2.44. The molecule has 0 aromatic rings. The molecule has 0 aliphatic carbocycles. The van der Waals surface area contributed by atoms with Gasteiger partial charge in [-0.15, -0.1) is 0 Å². The fraction of sp³-hybridized carbons (Fsp3) is 1.00. The second-order valence-corrected chi connectivity index (χ2v) is 2.54. The van der Waals surface area contributed by atoms with E-state index in [4.69, 9.17) is 0 Å². The summed E-state index contributed by atoms with van der Waals surface area (Å²) < 4.78 is 51.1. The molecule has 0 aromatic heterocycles. The van der Waals surface area contributed by atoms with Gasteiger partial charge in [-0.05, 0) is 6.92 Å². The minimum atomic E-state index is -2.51. The van der Waals surface area contributed by atoms with Gasteiger partial charge < -0.3 is 10.1 Å². The maximum Gasteiger partial charge on any atom is 0.261 e. The summed E-state index contributed by atoms with van der Waals surface area (Å²) in [4.78, 5) is 0. The number of hydrogen-bond acceptors (Lipinski definition) is 2. The summed E-state index contributed by atoms with van der Waals surface area (Å²) in [6.07, 6.45) is -4.96. The van der Waals surface area contributed by atoms with E-state index in [0.717, 1.165) is 0 Å². The van der Waals surface area contributed by atoms with Crippen molar-refractivity contribution in [1.82, 2.24) is 5.32 Å². The number of hydrogen-bond donors (Lipinski definition) is 1. The fourth-order valence-electron chi connectivity index (χ4n) is 0.620. The molecule has 0 amide bonds. The Labute approximate surface area is 74.3 Å². The molecule has 0 aromatic carbocycles. The quantitative estimate of drug-likeness (QED) is 0.500. The molecule has 0 saturated heterocycles. The highest BCUT2D eigenvalue weighted by Crippen LogP contribution is 1.98. The van der Waals surface area contributed by atoms with Crippen LogP contribution in [-0.4, -0.2) is 38.7 Å². The molecule has 13 heavy (non-hydrogen) atoms. The first-order chi connectivity index (χ1) is 6.04. The molecule has 0 spiro atoms. The van der Waals surface area contributed by atoms with Gasteiger partial charge in [-0.3, -0.25) is 0 Å². The van der Waals surface area contributed by atoms with Crippen molar-refractivity contribution in [3.63, 3.8) is 0 Å². The van der Waals surface area contributed by atoms with Crippen molar-refractivity contribution in [2.24, 2.45) is 0 Å². The van der Waals surface area contributed by atoms with Crippen molar-refractivity contribution < 1.29 is 22.3 Å². The molecular weight excluding hydrogens is 190 g/mol. The number of rotatable bonds is 7. The van der Waals surface area contributed by atoms with Gasteiger partial charge in [0.1, 0.15) is 6.61 Å². The van der Waals surface area contributed by atoms with Crippen LogP contribution in [-0.2, 0) is 4.74 Å². The Kier molecular flexibility index (Phi) is 6.89. The van der Waals surface area contributed by atoms with Gasteiger partial charge in [-0.1, -0.05) is 0 Å². The van der Waals surface area contributed by atoms with Crippen LogP contribution in [0.4, 0.5) is 17.6 Å². The lowest BCUT2D eigenvalue weighted by Gasteiger charge is -2.12. The van der Waals surface area contributed by atoms with Crippen LogP contribution in [0.2, 0.25) is 0 Å². The Hall–Kier alpha value is -0.360. The molecular formula is C7H13F4NO. The predicted octanol–water partition coefficient (Wildman–Crippen LogP) is 1.51. The van der Waals surface area contributed by atoms with E-state index < -0.39 is 25.5 Å². The van der Waals surface area contributed by atoms with Gasteiger partial charge in [-0.2, -0.15) is 0 Å². The van der Waals surface area contributed by atoms with Crippen molar-refractivity contribution in [2.75, 3.05) is 19.8 Å². The second-order valence-electron chi connectivity index (χ2n) is 2.54. The summed E-state index contributed by atoms with van der Waals surface area (Å²) in [5.74, 6) is 0. The molecule has 1 N–H and O–H groups in total. The molecule has 0 aliphatic heterocycles. The Morgan fingerprint density at radius 1 is 1.23 bits per heavy atom. The lowest BCUT2D eigenvalue weighted by molar-refractivity contribution is 0.0160. The Morgan fingerprint density at radius 3 is 2.31 bits per heavy atom. The van der Waals surface area contributed by atoms with E-state index in [1.54, 1.807) is 0 Å². The van der Waals surface area contributed by atoms with Crippen LogP contribution in [0.1, 0.15) is 6.92 Å². The van der Waals surface area contributed by atoms with Crippen LogP contribution in [0.5, 0.6) is 0 Å². The average molecular weight is 203 g/mol. The minimum absolute atomic E-state index is 0.0153. The van der Waals surface area contributed by atoms with Gasteiger partial charge in [0.15, 0.2) is 0 Å². The van der Waals surface area contributed by atoms with Crippen molar-refractivity contribution >= 4 is 0 Å². The van der Waals surface area contributed by atoms with Crippen LogP contribution < -0.4 is 5.32 Å². The standard InChI is InChI=1S/C7H13F4NO/c1-5(7(10)11)12-2-3-13-4-6(8)9/h5-7,12H,2-4H2,1H3. The molecule has 1 unspecified atom stereocenters. The monoisotopic (exact) mass is 203 g/mol. The van der Waals surface area contributed by atoms with Crippen LogP contribution in [0.3, 0.4) is 0 Å². The van der Waals surface area contributed by atoms with Crippen LogP contribution in [0.15, 0.2) is 0 Å². The predicted molar refractivity (Wildman–Crippen MR) is 40.3 cm³/mol. The molecule has 0 bridgehead atoms. The summed E-state index contributed by atoms with van der Waals surface area (Å²) >= 11 is 0. The van der Waals surface area contributed by atoms with E-state index in [1.165, 1.54) is 6.92 Å². The van der Waals surface area contributed by atoms with Gasteiger partial charge in [0.2, 0.25) is 0 Å². The van der Waals surface area contributed by atoms with Crippen LogP contribution in [0, 0.1) is 0 Å². The molecule has 80 valence electrons. The van der Waals surface area contributed by atoms with Crippen molar-refractivity contribution in [1.29, 1.82) is 0 Å². The highest BCUT2D eigenvalue weighted by atomic mass is 19.3. The summed E-state index contributed by atoms with van der Waals surface area (Å²) in [7, 11) is 0. The topological polar surface area (TPSA) is 21.3 Å². The zero-order chi connectivity index (χ0) is 10.3. The first-order valence-electron chi connectivity index (χ1n) is 3.91. The van der Waals surface area contributed by atoms with Crippen molar-refractivity contribution in [3.05, 3.63) is 0 Å². The van der Waals surface area contributed by atoms with E-state index in [1.807, 2.05) is 0 Å². The van der Waals surface area contributed by atoms with Gasteiger partial charge in [-0.25, -0.2) is 17.6 Å². The van der Waals surface area contributed by atoms with Crippen molar-refractivity contribution in [2.45, 2.75) is 25.8 Å². The highest BCUT2D eigenvalue weighted by molar-refractivity contribution is 4.61. The van der Waals surface area contributed by atoms with E-state index in [-0.39, 0.29) is 13.2 Å². The molecule has 0 rings (SSSR count). The van der Waals surface area contributed by atoms with Gasteiger partial charge in [0.05, 0.1) is 12.6 Å². The molecule has 2 nitrogen and oxygen atoms in total. The molecule has 0 fully saturated rings. The molecule has 0 radical (unpaired) electrons. The van der Waals surface area contributed by atoms with Crippen molar-refractivity contribution in [3.8, 4) is 0 Å². The fourth-order valence-corrected chi connectivity index (χ4v) is 0.620. The Bertz CT molecular complexity index is 123. The summed E-state index contributed by atoms with van der Waals surface area (Å²) in [5.41, 5.74) is 0. The molecule has 6 heteroatoms. The van der Waals surface area contributed by atoms with E-state index in [2.05, 4.69) is 10.1 Å². The van der Waals surface area contributed by atoms with Crippen LogP contribution in [0.25, 0.3) is 0 Å². The second kappa shape index (κ2) is 7.08. The average Bonchev–Trinajstić information content (AvgIpc) is 2.02. The first-order valence-corrected chi connectivity index (χ1v) is 3.91. The minimum Gasteiger partial charge on any atom is -0.374 e. The number of ether oxygens (including phenoxy) is 1. The Morgan fingerprint density at radius 2 is 1.85 bits per heavy atom. The zero-order valence-corrected chi connectivity index (χ0v) is 7.27. The Balaban J connectivity index is 3.16. The molecule has 0 saturated carbocycles. The lowest BCUT2D eigenvalue weighted by Crippen LogP contribution is -2.35. The number of alkyl halides is 4. The third kappa shape index (κ3) is 7.98. The van der Waals surface area contributed by atoms with Gasteiger partial charge in [0, 0.05) is 6.54 Å². The van der Waals surface area contributed by atoms with Gasteiger partial charge >= 0.3 is 0 Å². The number of halogens is 4. The largest absolute Gasteiger partial charge is 0.374 e. The third-order valence-corrected chi connectivity index (χ3v) is 1.33. The normalized spacial score (nSPS) is 14.1. The highest BCUT2D eigenvalue weighted by Gasteiger charge is 2.12. The van der Waals surface area contributed by atoms with E-state index >= 15 is 0 Å². The maximum atomic E-state index is 11.8. The molecule has 0 aliphatic rings. The number of nitrogens with one attached hydrogen (secondary N) is 1. The first kappa shape index (κ1) is 12.6.